The molecular formula is C14H16N2O2. The molecule has 1 aliphatic carbocycles. The Balaban J connectivity index is 2.22. The van der Waals surface area contributed by atoms with Gasteiger partial charge in [-0.05, 0) is 37.8 Å². The Morgan fingerprint density at radius 2 is 2.22 bits per heavy atom. The molecule has 0 spiro atoms. The summed E-state index contributed by atoms with van der Waals surface area (Å²) in [7, 11) is 2.05. The summed E-state index contributed by atoms with van der Waals surface area (Å²) >= 11 is 0. The first-order valence-electron chi connectivity index (χ1n) is 6.27. The molecule has 0 N–H and O–H groups in total. The Morgan fingerprint density at radius 1 is 1.44 bits per heavy atom. The van der Waals surface area contributed by atoms with Gasteiger partial charge in [-0.1, -0.05) is 6.08 Å². The highest BCUT2D eigenvalue weighted by Gasteiger charge is 2.43. The molecule has 1 heterocycles. The van der Waals surface area contributed by atoms with E-state index in [9.17, 15) is 10.1 Å². The lowest BCUT2D eigenvalue weighted by atomic mass is 9.74. The predicted octanol–water partition coefficient (Wildman–Crippen LogP) is 3.37. The molecule has 0 fully saturated rings. The van der Waals surface area contributed by atoms with Crippen molar-refractivity contribution in [3.05, 3.63) is 45.6 Å². The Hall–Kier alpha value is -1.84. The monoisotopic (exact) mass is 244 g/mol. The quantitative estimate of drug-likeness (QED) is 0.562. The topological polar surface area (TPSA) is 46.4 Å². The zero-order valence-electron chi connectivity index (χ0n) is 10.6. The number of fused-ring (bicyclic) bond motifs is 3. The maximum absolute atomic E-state index is 10.9. The van der Waals surface area contributed by atoms with Crippen LogP contribution in [0.4, 0.5) is 11.4 Å². The van der Waals surface area contributed by atoms with Gasteiger partial charge < -0.3 is 4.90 Å². The SMILES string of the molecule is CN1C2=CCCC[C@]2(C)c2cc([N+](=O)[O-])ccc21. The van der Waals surface area contributed by atoms with E-state index in [4.69, 9.17) is 0 Å². The largest absolute Gasteiger partial charge is 0.347 e. The van der Waals surface area contributed by atoms with Gasteiger partial charge >= 0.3 is 0 Å². The molecule has 4 nitrogen and oxygen atoms in total. The Bertz CT molecular complexity index is 565. The minimum absolute atomic E-state index is 0.0473. The zero-order valence-corrected chi connectivity index (χ0v) is 10.6. The van der Waals surface area contributed by atoms with Gasteiger partial charge in [0.1, 0.15) is 0 Å². The van der Waals surface area contributed by atoms with Crippen LogP contribution < -0.4 is 4.90 Å². The number of likely N-dealkylation sites (N-methyl/N-ethyl adjacent to an activating group) is 1. The molecule has 0 bridgehead atoms. The fraction of sp³-hybridized carbons (Fsp3) is 0.429. The number of allylic oxidation sites excluding steroid dienone is 2. The van der Waals surface area contributed by atoms with Crippen LogP contribution in [-0.4, -0.2) is 12.0 Å². The molecule has 3 rings (SSSR count). The van der Waals surface area contributed by atoms with E-state index in [-0.39, 0.29) is 16.0 Å². The molecule has 0 saturated heterocycles. The average Bonchev–Trinajstić information content (AvgIpc) is 2.59. The molecule has 1 atom stereocenters. The van der Waals surface area contributed by atoms with Gasteiger partial charge in [0.05, 0.1) is 4.92 Å². The zero-order chi connectivity index (χ0) is 12.9. The van der Waals surface area contributed by atoms with Gasteiger partial charge in [-0.2, -0.15) is 0 Å². The lowest BCUT2D eigenvalue weighted by molar-refractivity contribution is -0.384. The second-order valence-electron chi connectivity index (χ2n) is 5.33. The van der Waals surface area contributed by atoms with E-state index in [0.29, 0.717) is 0 Å². The van der Waals surface area contributed by atoms with Gasteiger partial charge in [0.15, 0.2) is 0 Å². The van der Waals surface area contributed by atoms with Crippen LogP contribution >= 0.6 is 0 Å². The fourth-order valence-electron chi connectivity index (χ4n) is 3.33. The smallest absolute Gasteiger partial charge is 0.269 e. The molecule has 0 aromatic heterocycles. The summed E-state index contributed by atoms with van der Waals surface area (Å²) in [6, 6.07) is 5.21. The Morgan fingerprint density at radius 3 is 2.94 bits per heavy atom. The van der Waals surface area contributed by atoms with Crippen LogP contribution in [0.5, 0.6) is 0 Å². The lowest BCUT2D eigenvalue weighted by Crippen LogP contribution is -2.28. The Labute approximate surface area is 106 Å². The van der Waals surface area contributed by atoms with E-state index >= 15 is 0 Å². The van der Waals surface area contributed by atoms with Crippen LogP contribution in [0.3, 0.4) is 0 Å². The number of rotatable bonds is 1. The van der Waals surface area contributed by atoms with Crippen LogP contribution in [-0.2, 0) is 5.41 Å². The number of nitrogens with zero attached hydrogens (tertiary/aromatic N) is 2. The van der Waals surface area contributed by atoms with Crippen molar-refractivity contribution in [2.24, 2.45) is 0 Å². The van der Waals surface area contributed by atoms with Crippen LogP contribution in [0.15, 0.2) is 30.0 Å². The molecular weight excluding hydrogens is 228 g/mol. The molecule has 2 aliphatic rings. The molecule has 0 unspecified atom stereocenters. The van der Waals surface area contributed by atoms with Crippen molar-refractivity contribution in [1.82, 2.24) is 0 Å². The molecule has 0 amide bonds. The van der Waals surface area contributed by atoms with E-state index < -0.39 is 0 Å². The van der Waals surface area contributed by atoms with Crippen LogP contribution in [0, 0.1) is 10.1 Å². The molecule has 1 aromatic rings. The molecule has 0 radical (unpaired) electrons. The molecule has 94 valence electrons. The summed E-state index contributed by atoms with van der Waals surface area (Å²) in [5.74, 6) is 0. The van der Waals surface area contributed by atoms with Gasteiger partial charge in [-0.25, -0.2) is 0 Å². The van der Waals surface area contributed by atoms with Crippen molar-refractivity contribution in [3.63, 3.8) is 0 Å². The van der Waals surface area contributed by atoms with Crippen molar-refractivity contribution < 1.29 is 4.92 Å². The third kappa shape index (κ3) is 1.32. The number of anilines is 1. The van der Waals surface area contributed by atoms with Crippen LogP contribution in [0.1, 0.15) is 31.7 Å². The number of benzene rings is 1. The highest BCUT2D eigenvalue weighted by molar-refractivity contribution is 5.72. The maximum atomic E-state index is 10.9. The van der Waals surface area contributed by atoms with Gasteiger partial charge in [0, 0.05) is 36.0 Å². The van der Waals surface area contributed by atoms with Gasteiger partial charge in [0.2, 0.25) is 0 Å². The summed E-state index contributed by atoms with van der Waals surface area (Å²) in [6.45, 7) is 2.20. The first kappa shape index (κ1) is 11.3. The molecule has 0 saturated carbocycles. The lowest BCUT2D eigenvalue weighted by Gasteiger charge is -2.31. The standard InChI is InChI=1S/C14H16N2O2/c1-14-8-4-3-5-13(14)15(2)12-7-6-10(16(17)18)9-11(12)14/h5-7,9H,3-4,8H2,1-2H3/t14-/m1/s1. The molecule has 4 heteroatoms. The third-order valence-electron chi connectivity index (χ3n) is 4.29. The highest BCUT2D eigenvalue weighted by atomic mass is 16.6. The van der Waals surface area contributed by atoms with Crippen molar-refractivity contribution in [2.75, 3.05) is 11.9 Å². The molecule has 18 heavy (non-hydrogen) atoms. The van der Waals surface area contributed by atoms with E-state index in [0.717, 1.165) is 30.5 Å². The van der Waals surface area contributed by atoms with E-state index in [1.54, 1.807) is 12.1 Å². The minimum Gasteiger partial charge on any atom is -0.347 e. The summed E-state index contributed by atoms with van der Waals surface area (Å²) in [5.41, 5.74) is 3.65. The first-order valence-corrected chi connectivity index (χ1v) is 6.27. The summed E-state index contributed by atoms with van der Waals surface area (Å²) < 4.78 is 0. The Kier molecular flexibility index (Phi) is 2.24. The predicted molar refractivity (Wildman–Crippen MR) is 70.8 cm³/mol. The summed E-state index contributed by atoms with van der Waals surface area (Å²) in [5, 5.41) is 10.9. The highest BCUT2D eigenvalue weighted by Crippen LogP contribution is 2.52. The number of hydrogen-bond acceptors (Lipinski definition) is 3. The van der Waals surface area contributed by atoms with Crippen molar-refractivity contribution in [2.45, 2.75) is 31.6 Å². The number of nitro benzene ring substituents is 1. The average molecular weight is 244 g/mol. The van der Waals surface area contributed by atoms with Crippen molar-refractivity contribution in [1.29, 1.82) is 0 Å². The van der Waals surface area contributed by atoms with Gasteiger partial charge in [-0.3, -0.25) is 10.1 Å². The minimum atomic E-state index is -0.311. The fourth-order valence-corrected chi connectivity index (χ4v) is 3.33. The van der Waals surface area contributed by atoms with Crippen molar-refractivity contribution >= 4 is 11.4 Å². The number of non-ortho nitro benzene ring substituents is 1. The normalized spacial score (nSPS) is 25.4. The van der Waals surface area contributed by atoms with Crippen LogP contribution in [0.2, 0.25) is 0 Å². The molecule has 1 aliphatic heterocycles. The van der Waals surface area contributed by atoms with E-state index in [1.807, 2.05) is 13.1 Å². The van der Waals surface area contributed by atoms with Crippen LogP contribution in [0.25, 0.3) is 0 Å². The second-order valence-corrected chi connectivity index (χ2v) is 5.33. The van der Waals surface area contributed by atoms with Crippen molar-refractivity contribution in [3.8, 4) is 0 Å². The maximum Gasteiger partial charge on any atom is 0.269 e. The molecule has 1 aromatic carbocycles. The number of nitro groups is 1. The summed E-state index contributed by atoms with van der Waals surface area (Å²) in [4.78, 5) is 12.8. The second kappa shape index (κ2) is 3.57. The third-order valence-corrected chi connectivity index (χ3v) is 4.29. The van der Waals surface area contributed by atoms with Gasteiger partial charge in [-0.15, -0.1) is 0 Å². The summed E-state index contributed by atoms with van der Waals surface area (Å²) in [6.07, 6.45) is 5.59. The van der Waals surface area contributed by atoms with E-state index in [1.165, 1.54) is 5.70 Å². The number of hydrogen-bond donors (Lipinski definition) is 0. The van der Waals surface area contributed by atoms with E-state index in [2.05, 4.69) is 17.9 Å². The van der Waals surface area contributed by atoms with Gasteiger partial charge in [0.25, 0.3) is 5.69 Å². The first-order chi connectivity index (χ1) is 8.54.